The van der Waals surface area contributed by atoms with Gasteiger partial charge in [0.25, 0.3) is 11.8 Å². The van der Waals surface area contributed by atoms with E-state index in [2.05, 4.69) is 15.9 Å². The van der Waals surface area contributed by atoms with Crippen molar-refractivity contribution in [3.63, 3.8) is 0 Å². The summed E-state index contributed by atoms with van der Waals surface area (Å²) in [6.07, 6.45) is 1.98. The first-order valence-electron chi connectivity index (χ1n) is 15.0. The fourth-order valence-electron chi connectivity index (χ4n) is 7.68. The standard InChI is InChI=1S/C35H29BrCl2N2O6/c36-19-40-32(44)34(37)16-26-23(13-14-25-28(26)31(43)39(30(25)42)17-20-7-3-1-4-8-20)29(35(34,38)33(40)45)24-12-11-22(15-27(24)41)46-18-21-9-5-2-6-10-21/h1-13,15,25-26,28-29,41H,14,16-19H2/t25-,26+,28-,29+,34+,35-/m0/s1. The number of hydrogen-bond acceptors (Lipinski definition) is 6. The van der Waals surface area contributed by atoms with Crippen molar-refractivity contribution in [2.45, 2.75) is 41.7 Å². The number of carbonyl (C=O) groups is 4. The summed E-state index contributed by atoms with van der Waals surface area (Å²) in [7, 11) is 0. The molecule has 0 unspecified atom stereocenters. The summed E-state index contributed by atoms with van der Waals surface area (Å²) in [6.45, 7) is 0.398. The average Bonchev–Trinajstić information content (AvgIpc) is 3.38. The number of rotatable bonds is 7. The zero-order valence-electron chi connectivity index (χ0n) is 24.4. The molecule has 3 fully saturated rings. The fraction of sp³-hybridized carbons (Fsp3) is 0.314. The Morgan fingerprint density at radius 2 is 1.52 bits per heavy atom. The van der Waals surface area contributed by atoms with Crippen molar-refractivity contribution in [3.05, 3.63) is 107 Å². The van der Waals surface area contributed by atoms with Crippen molar-refractivity contribution < 1.29 is 29.0 Å². The lowest BCUT2D eigenvalue weighted by atomic mass is 9.56. The molecular weight excluding hydrogens is 695 g/mol. The molecule has 6 atom stereocenters. The molecule has 0 spiro atoms. The number of hydrogen-bond donors (Lipinski definition) is 1. The molecule has 8 nitrogen and oxygen atoms in total. The number of phenols is 1. The Morgan fingerprint density at radius 1 is 0.848 bits per heavy atom. The van der Waals surface area contributed by atoms with E-state index in [1.54, 1.807) is 12.1 Å². The molecule has 4 amide bonds. The van der Waals surface area contributed by atoms with E-state index in [9.17, 15) is 24.3 Å². The highest BCUT2D eigenvalue weighted by Gasteiger charge is 2.76. The lowest BCUT2D eigenvalue weighted by Crippen LogP contribution is -2.60. The minimum absolute atomic E-state index is 0.118. The van der Waals surface area contributed by atoms with E-state index in [4.69, 9.17) is 27.9 Å². The quantitative estimate of drug-likeness (QED) is 0.141. The monoisotopic (exact) mass is 722 g/mol. The van der Waals surface area contributed by atoms with Crippen LogP contribution in [0.15, 0.2) is 90.5 Å². The van der Waals surface area contributed by atoms with E-state index in [-0.39, 0.29) is 54.6 Å². The van der Waals surface area contributed by atoms with Gasteiger partial charge >= 0.3 is 0 Å². The summed E-state index contributed by atoms with van der Waals surface area (Å²) in [4.78, 5) is 53.9. The number of aromatic hydroxyl groups is 1. The van der Waals surface area contributed by atoms with Crippen molar-refractivity contribution in [2.24, 2.45) is 17.8 Å². The van der Waals surface area contributed by atoms with Crippen LogP contribution in [-0.4, -0.2) is 53.7 Å². The lowest BCUT2D eigenvalue weighted by Gasteiger charge is -2.50. The average molecular weight is 724 g/mol. The highest BCUT2D eigenvalue weighted by atomic mass is 79.9. The largest absolute Gasteiger partial charge is 0.508 e. The van der Waals surface area contributed by atoms with E-state index >= 15 is 0 Å². The summed E-state index contributed by atoms with van der Waals surface area (Å²) in [5, 5.41) is 11.5. The lowest BCUT2D eigenvalue weighted by molar-refractivity contribution is -0.141. The molecule has 1 saturated carbocycles. The zero-order chi connectivity index (χ0) is 32.4. The molecule has 0 aromatic heterocycles. The van der Waals surface area contributed by atoms with Crippen LogP contribution < -0.4 is 4.74 Å². The van der Waals surface area contributed by atoms with Gasteiger partial charge in [-0.3, -0.25) is 29.0 Å². The first-order valence-corrected chi connectivity index (χ1v) is 16.9. The number of halogens is 3. The maximum atomic E-state index is 14.1. The second-order valence-electron chi connectivity index (χ2n) is 12.2. The SMILES string of the molecule is O=C1[C@H]2[C@H](CC=C3[C@H]2C[C@@]2(Cl)C(=O)N(CBr)C(=O)[C@@]2(Cl)[C@H]3c2ccc(OCc3ccccc3)cc2O)C(=O)N1Cc1ccccc1. The molecule has 2 saturated heterocycles. The molecule has 0 bridgehead atoms. The summed E-state index contributed by atoms with van der Waals surface area (Å²) < 4.78 is 5.91. The molecule has 2 heterocycles. The molecule has 2 aliphatic heterocycles. The number of alkyl halides is 3. The minimum atomic E-state index is -2.01. The molecule has 3 aromatic carbocycles. The summed E-state index contributed by atoms with van der Waals surface area (Å²) >= 11 is 17.8. The number of nitrogens with zero attached hydrogens (tertiary/aromatic N) is 2. The maximum absolute atomic E-state index is 14.1. The number of phenolic OH excluding ortho intramolecular Hbond substituents is 1. The first-order chi connectivity index (χ1) is 22.1. The van der Waals surface area contributed by atoms with Crippen LogP contribution in [0.5, 0.6) is 11.5 Å². The third-order valence-corrected chi connectivity index (χ3v) is 11.8. The van der Waals surface area contributed by atoms with Crippen molar-refractivity contribution in [1.29, 1.82) is 0 Å². The first kappa shape index (κ1) is 31.0. The van der Waals surface area contributed by atoms with Gasteiger partial charge < -0.3 is 9.84 Å². The van der Waals surface area contributed by atoms with Crippen LogP contribution in [0.2, 0.25) is 0 Å². The number of fused-ring (bicyclic) bond motifs is 4. The Morgan fingerprint density at radius 3 is 2.17 bits per heavy atom. The fourth-order valence-corrected chi connectivity index (χ4v) is 9.10. The topological polar surface area (TPSA) is 104 Å². The van der Waals surface area contributed by atoms with Gasteiger partial charge in [0.05, 0.1) is 23.8 Å². The van der Waals surface area contributed by atoms with E-state index < -0.39 is 45.2 Å². The third kappa shape index (κ3) is 4.53. The number of imide groups is 2. The Hall–Kier alpha value is -3.66. The van der Waals surface area contributed by atoms with Gasteiger partial charge in [-0.1, -0.05) is 94.3 Å². The van der Waals surface area contributed by atoms with Crippen molar-refractivity contribution in [3.8, 4) is 11.5 Å². The van der Waals surface area contributed by atoms with Crippen LogP contribution in [0.4, 0.5) is 0 Å². The highest BCUT2D eigenvalue weighted by Crippen LogP contribution is 2.66. The predicted octanol–water partition coefficient (Wildman–Crippen LogP) is 5.88. The number of amides is 4. The van der Waals surface area contributed by atoms with Gasteiger partial charge in [-0.05, 0) is 36.0 Å². The molecule has 0 radical (unpaired) electrons. The van der Waals surface area contributed by atoms with Gasteiger partial charge in [0.2, 0.25) is 11.8 Å². The van der Waals surface area contributed by atoms with Crippen LogP contribution in [-0.2, 0) is 32.3 Å². The number of likely N-dealkylation sites (tertiary alicyclic amines) is 2. The molecule has 3 aromatic rings. The van der Waals surface area contributed by atoms with E-state index in [1.807, 2.05) is 66.7 Å². The summed E-state index contributed by atoms with van der Waals surface area (Å²) in [5.41, 5.74) is 2.52. The third-order valence-electron chi connectivity index (χ3n) is 9.85. The number of allylic oxidation sites excluding steroid dienone is 2. The Labute approximate surface area is 284 Å². The van der Waals surface area contributed by atoms with Crippen LogP contribution in [0.25, 0.3) is 0 Å². The van der Waals surface area contributed by atoms with Crippen LogP contribution in [0.1, 0.15) is 35.4 Å². The van der Waals surface area contributed by atoms with Crippen molar-refractivity contribution in [2.75, 3.05) is 5.45 Å². The van der Waals surface area contributed by atoms with Gasteiger partial charge in [-0.2, -0.15) is 0 Å². The molecule has 2 aliphatic carbocycles. The molecule has 1 N–H and O–H groups in total. The summed E-state index contributed by atoms with van der Waals surface area (Å²) in [5.74, 6) is -5.00. The molecule has 46 heavy (non-hydrogen) atoms. The zero-order valence-corrected chi connectivity index (χ0v) is 27.5. The second-order valence-corrected chi connectivity index (χ2v) is 14.0. The van der Waals surface area contributed by atoms with E-state index in [0.717, 1.165) is 16.0 Å². The minimum Gasteiger partial charge on any atom is -0.508 e. The summed E-state index contributed by atoms with van der Waals surface area (Å²) in [6, 6.07) is 23.5. The van der Waals surface area contributed by atoms with Gasteiger partial charge in [0.1, 0.15) is 18.1 Å². The Kier molecular flexibility index (Phi) is 7.77. The molecule has 7 rings (SSSR count). The molecular formula is C35H29BrCl2N2O6. The van der Waals surface area contributed by atoms with Gasteiger partial charge in [-0.15, -0.1) is 23.2 Å². The van der Waals surface area contributed by atoms with Crippen molar-refractivity contribution >= 4 is 62.8 Å². The maximum Gasteiger partial charge on any atom is 0.254 e. The van der Waals surface area contributed by atoms with Gasteiger partial charge in [-0.25, -0.2) is 0 Å². The normalized spacial score (nSPS) is 30.2. The molecule has 4 aliphatic rings. The molecule has 11 heteroatoms. The van der Waals surface area contributed by atoms with Crippen LogP contribution in [0.3, 0.4) is 0 Å². The smallest absolute Gasteiger partial charge is 0.254 e. The molecule has 236 valence electrons. The van der Waals surface area contributed by atoms with E-state index in [0.29, 0.717) is 11.3 Å². The van der Waals surface area contributed by atoms with Crippen LogP contribution >= 0.6 is 39.1 Å². The predicted molar refractivity (Wildman–Crippen MR) is 174 cm³/mol. The Balaban J connectivity index is 1.29. The second kappa shape index (κ2) is 11.5. The highest BCUT2D eigenvalue weighted by molar-refractivity contribution is 9.09. The number of benzene rings is 3. The van der Waals surface area contributed by atoms with E-state index in [1.165, 1.54) is 11.0 Å². The van der Waals surface area contributed by atoms with Gasteiger partial charge in [0, 0.05) is 17.5 Å². The van der Waals surface area contributed by atoms with Crippen molar-refractivity contribution in [1.82, 2.24) is 9.80 Å². The van der Waals surface area contributed by atoms with Gasteiger partial charge in [0.15, 0.2) is 9.75 Å². The number of ether oxygens (including phenoxy) is 1. The van der Waals surface area contributed by atoms with Crippen LogP contribution in [0, 0.1) is 17.8 Å². The number of carbonyl (C=O) groups excluding carboxylic acids is 4. The Bertz CT molecular complexity index is 1790.